The second-order valence-corrected chi connectivity index (χ2v) is 3.99. The van der Waals surface area contributed by atoms with E-state index in [4.69, 9.17) is 18.9 Å². The average molecular weight is 230 g/mol. The summed E-state index contributed by atoms with van der Waals surface area (Å²) in [6.07, 6.45) is 1.58. The van der Waals surface area contributed by atoms with E-state index in [2.05, 4.69) is 13.5 Å². The van der Waals surface area contributed by atoms with Crippen molar-refractivity contribution in [2.75, 3.05) is 20.8 Å². The van der Waals surface area contributed by atoms with Crippen molar-refractivity contribution in [2.45, 2.75) is 51.1 Å². The minimum absolute atomic E-state index is 0.0528. The van der Waals surface area contributed by atoms with Gasteiger partial charge in [0.1, 0.15) is 18.3 Å². The Morgan fingerprint density at radius 1 is 1.19 bits per heavy atom. The summed E-state index contributed by atoms with van der Waals surface area (Å²) in [5.74, 6) is 0. The number of hydrogen-bond donors (Lipinski definition) is 0. The van der Waals surface area contributed by atoms with Crippen LogP contribution in [0.25, 0.3) is 0 Å². The molecule has 0 spiro atoms. The van der Waals surface area contributed by atoms with Crippen LogP contribution in [-0.2, 0) is 18.9 Å². The van der Waals surface area contributed by atoms with Gasteiger partial charge in [-0.25, -0.2) is 0 Å². The Morgan fingerprint density at radius 3 is 2.50 bits per heavy atom. The summed E-state index contributed by atoms with van der Waals surface area (Å²) in [6.45, 7) is 7.63. The molecule has 0 bridgehead atoms. The fourth-order valence-electron chi connectivity index (χ4n) is 1.80. The first-order chi connectivity index (χ1) is 7.74. The fourth-order valence-corrected chi connectivity index (χ4v) is 1.80. The summed E-state index contributed by atoms with van der Waals surface area (Å²) in [4.78, 5) is 0. The molecule has 1 aliphatic heterocycles. The molecule has 94 valence electrons. The molecular weight excluding hydrogens is 208 g/mol. The van der Waals surface area contributed by atoms with Gasteiger partial charge in [0.05, 0.1) is 6.10 Å². The van der Waals surface area contributed by atoms with Crippen LogP contribution in [0.15, 0.2) is 0 Å². The van der Waals surface area contributed by atoms with E-state index in [-0.39, 0.29) is 24.4 Å². The quantitative estimate of drug-likeness (QED) is 0.650. The number of ether oxygens (including phenoxy) is 4. The largest absolute Gasteiger partial charge is 0.376 e. The molecule has 1 aliphatic rings. The summed E-state index contributed by atoms with van der Waals surface area (Å²) in [5.41, 5.74) is 0. The molecule has 0 aromatic heterocycles. The Bertz CT molecular complexity index is 186. The molecule has 0 saturated carbocycles. The molecule has 1 heterocycles. The molecule has 1 fully saturated rings. The molecule has 1 rings (SSSR count). The van der Waals surface area contributed by atoms with Gasteiger partial charge in [-0.15, -0.1) is 0 Å². The lowest BCUT2D eigenvalue weighted by Crippen LogP contribution is -2.52. The molecule has 2 radical (unpaired) electrons. The van der Waals surface area contributed by atoms with Crippen LogP contribution in [0, 0.1) is 6.61 Å². The lowest BCUT2D eigenvalue weighted by atomic mass is 10.0. The maximum atomic E-state index is 5.81. The van der Waals surface area contributed by atoms with E-state index in [0.717, 1.165) is 19.4 Å². The van der Waals surface area contributed by atoms with E-state index < -0.39 is 0 Å². The van der Waals surface area contributed by atoms with E-state index in [9.17, 15) is 0 Å². The third-order valence-corrected chi connectivity index (χ3v) is 2.79. The second kappa shape index (κ2) is 7.22. The summed E-state index contributed by atoms with van der Waals surface area (Å²) >= 11 is 0. The van der Waals surface area contributed by atoms with Crippen LogP contribution in [-0.4, -0.2) is 45.2 Å². The predicted molar refractivity (Wildman–Crippen MR) is 60.0 cm³/mol. The highest BCUT2D eigenvalue weighted by Gasteiger charge is 2.40. The minimum Gasteiger partial charge on any atom is -0.376 e. The van der Waals surface area contributed by atoms with Crippen molar-refractivity contribution >= 4 is 0 Å². The van der Waals surface area contributed by atoms with E-state index in [1.807, 2.05) is 6.92 Å². The van der Waals surface area contributed by atoms with Crippen LogP contribution in [0.3, 0.4) is 0 Å². The number of rotatable bonds is 6. The Morgan fingerprint density at radius 2 is 1.94 bits per heavy atom. The van der Waals surface area contributed by atoms with E-state index >= 15 is 0 Å². The van der Waals surface area contributed by atoms with Gasteiger partial charge in [0, 0.05) is 20.8 Å². The van der Waals surface area contributed by atoms with Gasteiger partial charge in [0.15, 0.2) is 6.61 Å². The summed E-state index contributed by atoms with van der Waals surface area (Å²) in [7, 11) is 3.29. The van der Waals surface area contributed by atoms with Gasteiger partial charge in [0.2, 0.25) is 0 Å². The van der Waals surface area contributed by atoms with Crippen molar-refractivity contribution < 1.29 is 18.9 Å². The number of methoxy groups -OCH3 is 2. The molecular formula is C12H22O4. The standard InChI is InChI=1S/C12H22O4/c1-5-6-7-15-12-10(13-3)8-16-9(2)11(12)14-4/h9-12H,5-7H2,1-4H3/t9-,10+,11-,12+/m0/s1. The third-order valence-electron chi connectivity index (χ3n) is 2.79. The van der Waals surface area contributed by atoms with E-state index in [0.29, 0.717) is 0 Å². The van der Waals surface area contributed by atoms with Gasteiger partial charge in [-0.1, -0.05) is 13.3 Å². The molecule has 0 N–H and O–H groups in total. The van der Waals surface area contributed by atoms with Crippen molar-refractivity contribution in [3.8, 4) is 0 Å². The van der Waals surface area contributed by atoms with Crippen molar-refractivity contribution in [1.29, 1.82) is 0 Å². The highest BCUT2D eigenvalue weighted by atomic mass is 16.6. The lowest BCUT2D eigenvalue weighted by Gasteiger charge is -2.39. The zero-order valence-electron chi connectivity index (χ0n) is 10.6. The van der Waals surface area contributed by atoms with Crippen LogP contribution >= 0.6 is 0 Å². The number of hydrogen-bond acceptors (Lipinski definition) is 4. The number of unbranched alkanes of at least 4 members (excludes halogenated alkanes) is 1. The molecule has 0 unspecified atom stereocenters. The van der Waals surface area contributed by atoms with Gasteiger partial charge in [-0.05, 0) is 13.3 Å². The summed E-state index contributed by atoms with van der Waals surface area (Å²) in [5, 5.41) is 0. The van der Waals surface area contributed by atoms with Gasteiger partial charge in [0.25, 0.3) is 0 Å². The molecule has 0 amide bonds. The van der Waals surface area contributed by atoms with Crippen molar-refractivity contribution in [1.82, 2.24) is 0 Å². The highest BCUT2D eigenvalue weighted by molar-refractivity contribution is 4.93. The lowest BCUT2D eigenvalue weighted by molar-refractivity contribution is -0.192. The maximum Gasteiger partial charge on any atom is 0.166 e. The van der Waals surface area contributed by atoms with Crippen LogP contribution in [0.5, 0.6) is 0 Å². The molecule has 4 heteroatoms. The van der Waals surface area contributed by atoms with Crippen LogP contribution in [0.1, 0.15) is 26.7 Å². The topological polar surface area (TPSA) is 36.9 Å². The normalized spacial score (nSPS) is 35.2. The fraction of sp³-hybridized carbons (Fsp3) is 0.917. The first-order valence-corrected chi connectivity index (χ1v) is 5.83. The maximum absolute atomic E-state index is 5.81. The molecule has 1 saturated heterocycles. The molecule has 4 atom stereocenters. The molecule has 0 aliphatic carbocycles. The molecule has 0 aromatic carbocycles. The predicted octanol–water partition coefficient (Wildman–Crippen LogP) is 1.66. The first kappa shape index (κ1) is 13.9. The second-order valence-electron chi connectivity index (χ2n) is 3.99. The Labute approximate surface area is 98.2 Å². The SMILES string of the molecule is CCCCO[C@H]1[C@@H](OC)[C@H](C)O[C][C@H]1OC. The van der Waals surface area contributed by atoms with Gasteiger partial charge < -0.3 is 18.9 Å². The zero-order chi connectivity index (χ0) is 12.0. The van der Waals surface area contributed by atoms with Crippen LogP contribution in [0.4, 0.5) is 0 Å². The third kappa shape index (κ3) is 3.42. The highest BCUT2D eigenvalue weighted by Crippen LogP contribution is 2.25. The smallest absolute Gasteiger partial charge is 0.166 e. The van der Waals surface area contributed by atoms with Crippen molar-refractivity contribution in [3.63, 3.8) is 0 Å². The molecule has 16 heavy (non-hydrogen) atoms. The summed E-state index contributed by atoms with van der Waals surface area (Å²) in [6, 6.07) is 0. The van der Waals surface area contributed by atoms with Crippen molar-refractivity contribution in [2.24, 2.45) is 0 Å². The van der Waals surface area contributed by atoms with Crippen LogP contribution in [0.2, 0.25) is 0 Å². The average Bonchev–Trinajstić information content (AvgIpc) is 2.30. The van der Waals surface area contributed by atoms with E-state index in [1.165, 1.54) is 0 Å². The van der Waals surface area contributed by atoms with Crippen molar-refractivity contribution in [3.05, 3.63) is 6.61 Å². The van der Waals surface area contributed by atoms with Gasteiger partial charge in [-0.2, -0.15) is 0 Å². The molecule has 4 nitrogen and oxygen atoms in total. The first-order valence-electron chi connectivity index (χ1n) is 5.83. The van der Waals surface area contributed by atoms with Crippen LogP contribution < -0.4 is 0 Å². The molecule has 0 aromatic rings. The minimum atomic E-state index is -0.280. The Balaban J connectivity index is 2.54. The summed E-state index contributed by atoms with van der Waals surface area (Å²) < 4.78 is 21.8. The Kier molecular flexibility index (Phi) is 6.28. The van der Waals surface area contributed by atoms with E-state index in [1.54, 1.807) is 14.2 Å². The zero-order valence-corrected chi connectivity index (χ0v) is 10.6. The van der Waals surface area contributed by atoms with Gasteiger partial charge >= 0.3 is 0 Å². The Hall–Kier alpha value is -0.160. The monoisotopic (exact) mass is 230 g/mol. The van der Waals surface area contributed by atoms with Gasteiger partial charge in [-0.3, -0.25) is 0 Å².